The summed E-state index contributed by atoms with van der Waals surface area (Å²) in [5.41, 5.74) is 0. The number of amides is 1. The molecule has 15 heavy (non-hydrogen) atoms. The first kappa shape index (κ1) is 10.9. The highest BCUT2D eigenvalue weighted by molar-refractivity contribution is 5.82. The molecule has 2 aliphatic rings. The third-order valence-electron chi connectivity index (χ3n) is 3.34. The lowest BCUT2D eigenvalue weighted by Gasteiger charge is -2.30. The summed E-state index contributed by atoms with van der Waals surface area (Å²) in [5, 5.41) is 3.35. The van der Waals surface area contributed by atoms with E-state index in [1.807, 2.05) is 0 Å². The average Bonchev–Trinajstić information content (AvgIpc) is 3.10. The second kappa shape index (κ2) is 4.97. The summed E-state index contributed by atoms with van der Waals surface area (Å²) in [5.74, 6) is 0.360. The number of nitrogens with one attached hydrogen (secondary N) is 1. The smallest absolute Gasteiger partial charge is 0.239 e. The molecule has 1 N–H and O–H groups in total. The van der Waals surface area contributed by atoms with E-state index in [4.69, 9.17) is 0 Å². The summed E-state index contributed by atoms with van der Waals surface area (Å²) in [7, 11) is 0. The van der Waals surface area contributed by atoms with E-state index in [0.29, 0.717) is 11.9 Å². The van der Waals surface area contributed by atoms with Gasteiger partial charge in [-0.15, -0.1) is 0 Å². The van der Waals surface area contributed by atoms with E-state index in [9.17, 15) is 4.79 Å². The highest BCUT2D eigenvalue weighted by atomic mass is 16.2. The summed E-state index contributed by atoms with van der Waals surface area (Å²) >= 11 is 0. The van der Waals surface area contributed by atoms with E-state index in [2.05, 4.69) is 17.1 Å². The number of carbonyl (C=O) groups excluding carboxylic acids is 1. The molecule has 3 heteroatoms. The van der Waals surface area contributed by atoms with E-state index < -0.39 is 0 Å². The summed E-state index contributed by atoms with van der Waals surface area (Å²) in [4.78, 5) is 14.3. The molecule has 0 spiro atoms. The Morgan fingerprint density at radius 1 is 1.33 bits per heavy atom. The molecule has 1 amide bonds. The number of hydrogen-bond donors (Lipinski definition) is 1. The Morgan fingerprint density at radius 3 is 2.67 bits per heavy atom. The van der Waals surface area contributed by atoms with E-state index in [1.54, 1.807) is 0 Å². The zero-order chi connectivity index (χ0) is 10.7. The van der Waals surface area contributed by atoms with Gasteiger partial charge >= 0.3 is 0 Å². The molecule has 1 saturated heterocycles. The Morgan fingerprint density at radius 2 is 2.13 bits per heavy atom. The molecule has 1 atom stereocenters. The first-order valence-corrected chi connectivity index (χ1v) is 6.36. The van der Waals surface area contributed by atoms with Crippen molar-refractivity contribution in [2.75, 3.05) is 13.1 Å². The van der Waals surface area contributed by atoms with Gasteiger partial charge in [-0.05, 0) is 38.6 Å². The minimum atomic E-state index is 0.117. The molecule has 0 aromatic heterocycles. The van der Waals surface area contributed by atoms with Crippen molar-refractivity contribution >= 4 is 5.91 Å². The van der Waals surface area contributed by atoms with Gasteiger partial charge in [0, 0.05) is 12.6 Å². The SMILES string of the molecule is CCCN(C(=O)[C@@H]1CCCCN1)C1CC1. The molecule has 3 nitrogen and oxygen atoms in total. The standard InChI is InChI=1S/C12H22N2O/c1-2-9-14(10-6-7-10)12(15)11-5-3-4-8-13-11/h10-11,13H,2-9H2,1H3/t11-/m0/s1. The van der Waals surface area contributed by atoms with Crippen molar-refractivity contribution in [3.8, 4) is 0 Å². The van der Waals surface area contributed by atoms with E-state index >= 15 is 0 Å². The third kappa shape index (κ3) is 2.71. The van der Waals surface area contributed by atoms with Crippen molar-refractivity contribution in [2.24, 2.45) is 0 Å². The zero-order valence-corrected chi connectivity index (χ0v) is 9.67. The van der Waals surface area contributed by atoms with Crippen molar-refractivity contribution in [2.45, 2.75) is 57.5 Å². The molecule has 0 aromatic rings. The normalized spacial score (nSPS) is 26.3. The van der Waals surface area contributed by atoms with Gasteiger partial charge < -0.3 is 10.2 Å². The minimum absolute atomic E-state index is 0.117. The predicted octanol–water partition coefficient (Wildman–Crippen LogP) is 1.53. The second-order valence-electron chi connectivity index (χ2n) is 4.77. The number of carbonyl (C=O) groups is 1. The average molecular weight is 210 g/mol. The topological polar surface area (TPSA) is 32.3 Å². The van der Waals surface area contributed by atoms with Crippen LogP contribution in [-0.4, -0.2) is 36.0 Å². The molecule has 86 valence electrons. The molecule has 1 aliphatic heterocycles. The maximum Gasteiger partial charge on any atom is 0.239 e. The Bertz CT molecular complexity index is 220. The van der Waals surface area contributed by atoms with Gasteiger partial charge in [-0.2, -0.15) is 0 Å². The lowest BCUT2D eigenvalue weighted by atomic mass is 10.0. The van der Waals surface area contributed by atoms with Crippen LogP contribution in [-0.2, 0) is 4.79 Å². The molecule has 2 rings (SSSR count). The fourth-order valence-electron chi connectivity index (χ4n) is 2.36. The van der Waals surface area contributed by atoms with Crippen molar-refractivity contribution in [3.05, 3.63) is 0 Å². The first-order chi connectivity index (χ1) is 7.33. The maximum absolute atomic E-state index is 12.2. The molecule has 0 aromatic carbocycles. The van der Waals surface area contributed by atoms with Crippen LogP contribution >= 0.6 is 0 Å². The van der Waals surface area contributed by atoms with Gasteiger partial charge in [-0.3, -0.25) is 4.79 Å². The highest BCUT2D eigenvalue weighted by Gasteiger charge is 2.35. The lowest BCUT2D eigenvalue weighted by molar-refractivity contribution is -0.134. The van der Waals surface area contributed by atoms with E-state index in [1.165, 1.54) is 25.7 Å². The number of piperidine rings is 1. The molecule has 0 radical (unpaired) electrons. The van der Waals surface area contributed by atoms with Crippen LogP contribution in [0.3, 0.4) is 0 Å². The Hall–Kier alpha value is -0.570. The monoisotopic (exact) mass is 210 g/mol. The molecule has 0 bridgehead atoms. The van der Waals surface area contributed by atoms with Gasteiger partial charge in [0.05, 0.1) is 6.04 Å². The zero-order valence-electron chi connectivity index (χ0n) is 9.67. The molecule has 1 aliphatic carbocycles. The van der Waals surface area contributed by atoms with Crippen LogP contribution in [0.2, 0.25) is 0 Å². The van der Waals surface area contributed by atoms with Gasteiger partial charge in [0.15, 0.2) is 0 Å². The predicted molar refractivity (Wildman–Crippen MR) is 60.7 cm³/mol. The largest absolute Gasteiger partial charge is 0.338 e. The number of nitrogens with zero attached hydrogens (tertiary/aromatic N) is 1. The fraction of sp³-hybridized carbons (Fsp3) is 0.917. The molecular formula is C12H22N2O. The summed E-state index contributed by atoms with van der Waals surface area (Å²) < 4.78 is 0. The molecular weight excluding hydrogens is 188 g/mol. The highest BCUT2D eigenvalue weighted by Crippen LogP contribution is 2.28. The number of rotatable bonds is 4. The van der Waals surface area contributed by atoms with E-state index in [0.717, 1.165) is 25.9 Å². The van der Waals surface area contributed by atoms with Crippen molar-refractivity contribution in [1.82, 2.24) is 10.2 Å². The summed E-state index contributed by atoms with van der Waals surface area (Å²) in [6.45, 7) is 4.11. The van der Waals surface area contributed by atoms with Gasteiger partial charge in [0.2, 0.25) is 5.91 Å². The van der Waals surface area contributed by atoms with Gasteiger partial charge in [0.25, 0.3) is 0 Å². The quantitative estimate of drug-likeness (QED) is 0.763. The minimum Gasteiger partial charge on any atom is -0.338 e. The fourth-order valence-corrected chi connectivity index (χ4v) is 2.36. The Kier molecular flexibility index (Phi) is 3.62. The van der Waals surface area contributed by atoms with Crippen LogP contribution in [0.5, 0.6) is 0 Å². The van der Waals surface area contributed by atoms with Crippen LogP contribution in [0.15, 0.2) is 0 Å². The molecule has 2 fully saturated rings. The second-order valence-corrected chi connectivity index (χ2v) is 4.77. The van der Waals surface area contributed by atoms with Crippen LogP contribution in [0, 0.1) is 0 Å². The van der Waals surface area contributed by atoms with Crippen molar-refractivity contribution in [1.29, 1.82) is 0 Å². The summed E-state index contributed by atoms with van der Waals surface area (Å²) in [6.07, 6.45) is 6.98. The van der Waals surface area contributed by atoms with Crippen molar-refractivity contribution in [3.63, 3.8) is 0 Å². The lowest BCUT2D eigenvalue weighted by Crippen LogP contribution is -2.49. The number of hydrogen-bond acceptors (Lipinski definition) is 2. The summed E-state index contributed by atoms with van der Waals surface area (Å²) in [6, 6.07) is 0.687. The van der Waals surface area contributed by atoms with Gasteiger partial charge in [-0.1, -0.05) is 13.3 Å². The third-order valence-corrected chi connectivity index (χ3v) is 3.34. The van der Waals surface area contributed by atoms with Crippen LogP contribution in [0.4, 0.5) is 0 Å². The van der Waals surface area contributed by atoms with Gasteiger partial charge in [0.1, 0.15) is 0 Å². The maximum atomic E-state index is 12.2. The molecule has 0 unspecified atom stereocenters. The van der Waals surface area contributed by atoms with Crippen LogP contribution < -0.4 is 5.32 Å². The molecule has 1 heterocycles. The van der Waals surface area contributed by atoms with Crippen molar-refractivity contribution < 1.29 is 4.79 Å². The van der Waals surface area contributed by atoms with Crippen LogP contribution in [0.1, 0.15) is 45.4 Å². The molecule has 1 saturated carbocycles. The van der Waals surface area contributed by atoms with Gasteiger partial charge in [-0.25, -0.2) is 0 Å². The van der Waals surface area contributed by atoms with E-state index in [-0.39, 0.29) is 6.04 Å². The Labute approximate surface area is 92.2 Å². The Balaban J connectivity index is 1.90. The first-order valence-electron chi connectivity index (χ1n) is 6.36. The van der Waals surface area contributed by atoms with Crippen LogP contribution in [0.25, 0.3) is 0 Å².